The third-order valence-corrected chi connectivity index (χ3v) is 5.74. The Morgan fingerprint density at radius 3 is 2.30 bits per heavy atom. The molecule has 4 heteroatoms. The second kappa shape index (κ2) is 4.99. The van der Waals surface area contributed by atoms with Gasteiger partial charge in [-0.3, -0.25) is 4.79 Å². The van der Waals surface area contributed by atoms with Crippen molar-refractivity contribution in [3.63, 3.8) is 0 Å². The quantitative estimate of drug-likeness (QED) is 0.751. The number of carbonyl (C=O) groups is 1. The minimum absolute atomic E-state index is 0.235. The summed E-state index contributed by atoms with van der Waals surface area (Å²) in [7, 11) is 0. The van der Waals surface area contributed by atoms with Gasteiger partial charge in [0.2, 0.25) is 0 Å². The second-order valence-corrected chi connectivity index (χ2v) is 7.41. The molecular formula is C16H26O4. The second-order valence-electron chi connectivity index (χ2n) is 7.41. The highest BCUT2D eigenvalue weighted by Gasteiger charge is 2.55. The molecule has 2 aliphatic heterocycles. The van der Waals surface area contributed by atoms with E-state index in [1.807, 2.05) is 13.8 Å². The van der Waals surface area contributed by atoms with Crippen LogP contribution in [0.1, 0.15) is 52.9 Å². The lowest BCUT2D eigenvalue weighted by Crippen LogP contribution is -2.39. The Labute approximate surface area is 120 Å². The van der Waals surface area contributed by atoms with Crippen molar-refractivity contribution in [2.45, 2.75) is 77.3 Å². The van der Waals surface area contributed by atoms with Crippen molar-refractivity contribution in [1.29, 1.82) is 0 Å². The van der Waals surface area contributed by atoms with Crippen LogP contribution < -0.4 is 0 Å². The summed E-state index contributed by atoms with van der Waals surface area (Å²) in [6, 6.07) is 0. The fraction of sp³-hybridized carbons (Fsp3) is 0.938. The number of ether oxygens (including phenoxy) is 2. The van der Waals surface area contributed by atoms with Gasteiger partial charge in [-0.1, -0.05) is 13.8 Å². The molecule has 7 unspecified atom stereocenters. The summed E-state index contributed by atoms with van der Waals surface area (Å²) in [5, 5.41) is 9.05. The van der Waals surface area contributed by atoms with Gasteiger partial charge >= 0.3 is 5.97 Å². The number of fused-ring (bicyclic) bond motifs is 2. The van der Waals surface area contributed by atoms with Gasteiger partial charge in [0.15, 0.2) is 0 Å². The van der Waals surface area contributed by atoms with E-state index in [0.29, 0.717) is 24.7 Å². The summed E-state index contributed by atoms with van der Waals surface area (Å²) in [5.74, 6) is 0.487. The first-order valence-electron chi connectivity index (χ1n) is 7.94. The molecule has 114 valence electrons. The van der Waals surface area contributed by atoms with Crippen LogP contribution >= 0.6 is 0 Å². The van der Waals surface area contributed by atoms with E-state index >= 15 is 0 Å². The largest absolute Gasteiger partial charge is 0.481 e. The predicted molar refractivity (Wildman–Crippen MR) is 74.5 cm³/mol. The molecule has 0 aromatic heterocycles. The summed E-state index contributed by atoms with van der Waals surface area (Å²) >= 11 is 0. The van der Waals surface area contributed by atoms with Crippen LogP contribution in [0.4, 0.5) is 0 Å². The molecule has 2 aliphatic carbocycles. The van der Waals surface area contributed by atoms with E-state index in [4.69, 9.17) is 14.6 Å². The fourth-order valence-electron chi connectivity index (χ4n) is 3.70. The highest BCUT2D eigenvalue weighted by molar-refractivity contribution is 5.75. The highest BCUT2D eigenvalue weighted by Crippen LogP contribution is 2.49. The van der Waals surface area contributed by atoms with E-state index in [0.717, 1.165) is 12.3 Å². The maximum atomic E-state index is 11.0. The first-order chi connectivity index (χ1) is 9.40. The maximum Gasteiger partial charge on any atom is 0.309 e. The van der Waals surface area contributed by atoms with Crippen molar-refractivity contribution in [3.8, 4) is 0 Å². The molecule has 0 aromatic rings. The normalized spacial score (nSPS) is 52.0. The van der Waals surface area contributed by atoms with Crippen LogP contribution in [0.2, 0.25) is 0 Å². The lowest BCUT2D eigenvalue weighted by atomic mass is 9.68. The zero-order valence-electron chi connectivity index (χ0n) is 12.7. The van der Waals surface area contributed by atoms with Crippen molar-refractivity contribution in [2.75, 3.05) is 0 Å². The van der Waals surface area contributed by atoms with Crippen molar-refractivity contribution in [1.82, 2.24) is 0 Å². The van der Waals surface area contributed by atoms with E-state index in [9.17, 15) is 4.79 Å². The first kappa shape index (κ1) is 14.3. The summed E-state index contributed by atoms with van der Waals surface area (Å²) in [4.78, 5) is 11.0. The number of carboxylic acids is 1. The van der Waals surface area contributed by atoms with Gasteiger partial charge in [0, 0.05) is 0 Å². The molecule has 0 bridgehead atoms. The van der Waals surface area contributed by atoms with Gasteiger partial charge in [0.25, 0.3) is 0 Å². The molecule has 4 aliphatic rings. The van der Waals surface area contributed by atoms with Crippen LogP contribution in [0.25, 0.3) is 0 Å². The lowest BCUT2D eigenvalue weighted by molar-refractivity contribution is -0.152. The first-order valence-corrected chi connectivity index (χ1v) is 7.94. The average Bonchev–Trinajstić information content (AvgIpc) is 3.25. The van der Waals surface area contributed by atoms with Crippen LogP contribution in [0, 0.1) is 17.3 Å². The van der Waals surface area contributed by atoms with Gasteiger partial charge in [-0.25, -0.2) is 0 Å². The molecule has 20 heavy (non-hydrogen) atoms. The topological polar surface area (TPSA) is 62.4 Å². The van der Waals surface area contributed by atoms with Gasteiger partial charge in [0.05, 0.1) is 29.8 Å². The third-order valence-electron chi connectivity index (χ3n) is 5.74. The van der Waals surface area contributed by atoms with Crippen molar-refractivity contribution in [2.24, 2.45) is 17.3 Å². The van der Waals surface area contributed by atoms with Crippen LogP contribution in [0.3, 0.4) is 0 Å². The number of carboxylic acid groups (broad SMARTS) is 1. The summed E-state index contributed by atoms with van der Waals surface area (Å²) in [5.41, 5.74) is -0.558. The van der Waals surface area contributed by atoms with Gasteiger partial charge in [-0.15, -0.1) is 0 Å². The molecule has 0 aromatic carbocycles. The number of hydrogen-bond acceptors (Lipinski definition) is 3. The molecule has 1 N–H and O–H groups in total. The van der Waals surface area contributed by atoms with Crippen LogP contribution in [-0.4, -0.2) is 35.5 Å². The smallest absolute Gasteiger partial charge is 0.309 e. The Morgan fingerprint density at radius 2 is 1.70 bits per heavy atom. The molecule has 2 saturated carbocycles. The molecule has 0 radical (unpaired) electrons. The Kier molecular flexibility index (Phi) is 3.57. The number of epoxide rings is 2. The lowest BCUT2D eigenvalue weighted by Gasteiger charge is -2.33. The number of rotatable bonds is 1. The van der Waals surface area contributed by atoms with Crippen LogP contribution in [-0.2, 0) is 14.3 Å². The summed E-state index contributed by atoms with van der Waals surface area (Å²) in [6.07, 6.45) is 7.61. The van der Waals surface area contributed by atoms with Crippen molar-refractivity contribution in [3.05, 3.63) is 0 Å². The minimum atomic E-state index is -0.677. The zero-order chi connectivity index (χ0) is 14.5. The van der Waals surface area contributed by atoms with Gasteiger partial charge in [-0.2, -0.15) is 0 Å². The molecular weight excluding hydrogens is 256 g/mol. The van der Waals surface area contributed by atoms with Crippen LogP contribution in [0.5, 0.6) is 0 Å². The number of aliphatic carboxylic acids is 1. The Balaban J connectivity index is 0.000000131. The zero-order valence-corrected chi connectivity index (χ0v) is 12.7. The van der Waals surface area contributed by atoms with Gasteiger partial charge in [0.1, 0.15) is 0 Å². The molecule has 4 nitrogen and oxygen atoms in total. The number of hydrogen-bond donors (Lipinski definition) is 1. The van der Waals surface area contributed by atoms with Crippen molar-refractivity contribution < 1.29 is 19.4 Å². The fourth-order valence-corrected chi connectivity index (χ4v) is 3.70. The van der Waals surface area contributed by atoms with Crippen molar-refractivity contribution >= 4 is 5.97 Å². The Bertz CT molecular complexity index is 396. The molecule has 0 amide bonds. The Hall–Kier alpha value is -0.610. The van der Waals surface area contributed by atoms with Crippen LogP contribution in [0.15, 0.2) is 0 Å². The average molecular weight is 282 g/mol. The van der Waals surface area contributed by atoms with E-state index in [2.05, 4.69) is 6.92 Å². The molecule has 4 rings (SSSR count). The maximum absolute atomic E-state index is 11.0. The third kappa shape index (κ3) is 2.73. The Morgan fingerprint density at radius 1 is 1.05 bits per heavy atom. The highest BCUT2D eigenvalue weighted by atomic mass is 16.6. The molecule has 0 spiro atoms. The van der Waals surface area contributed by atoms with E-state index in [-0.39, 0.29) is 12.0 Å². The monoisotopic (exact) mass is 282 g/mol. The van der Waals surface area contributed by atoms with Gasteiger partial charge in [-0.05, 0) is 50.9 Å². The molecule has 2 heterocycles. The van der Waals surface area contributed by atoms with E-state index < -0.39 is 11.4 Å². The van der Waals surface area contributed by atoms with E-state index in [1.54, 1.807) is 0 Å². The molecule has 4 fully saturated rings. The molecule has 2 saturated heterocycles. The minimum Gasteiger partial charge on any atom is -0.481 e. The SMILES string of the molecule is CC1CC2OC2CC1(C)C(=O)O.CC1CCC2OC2C1. The van der Waals surface area contributed by atoms with Gasteiger partial charge < -0.3 is 14.6 Å². The predicted octanol–water partition coefficient (Wildman–Crippen LogP) is 2.85. The standard InChI is InChI=1S/C9H14O3.C7H12O/c1-5-3-6-7(12-6)4-9(5,2)8(10)11;1-5-2-3-6-7(4-5)8-6/h5-7H,3-4H2,1-2H3,(H,10,11);5-7H,2-4H2,1H3. The summed E-state index contributed by atoms with van der Waals surface area (Å²) < 4.78 is 10.7. The summed E-state index contributed by atoms with van der Waals surface area (Å²) in [6.45, 7) is 6.15. The van der Waals surface area contributed by atoms with E-state index in [1.165, 1.54) is 19.3 Å². The molecule has 7 atom stereocenters.